The largest absolute Gasteiger partial charge is 0.445 e. The Morgan fingerprint density at radius 1 is 0.946 bits per heavy atom. The molecule has 0 bridgehead atoms. The Labute approximate surface area is 216 Å². The molecule has 37 heavy (non-hydrogen) atoms. The highest BCUT2D eigenvalue weighted by Crippen LogP contribution is 2.24. The van der Waals surface area contributed by atoms with Gasteiger partial charge in [-0.2, -0.15) is 0 Å². The highest BCUT2D eigenvalue weighted by molar-refractivity contribution is 6.08. The molecule has 2 aromatic carbocycles. The van der Waals surface area contributed by atoms with Crippen LogP contribution in [0.4, 0.5) is 16.2 Å². The number of carbonyl (C=O) groups is 2. The van der Waals surface area contributed by atoms with Gasteiger partial charge in [0.1, 0.15) is 6.61 Å². The van der Waals surface area contributed by atoms with Crippen LogP contribution >= 0.6 is 0 Å². The van der Waals surface area contributed by atoms with E-state index in [2.05, 4.69) is 25.4 Å². The number of pyridine rings is 1. The molecule has 3 aromatic rings. The van der Waals surface area contributed by atoms with Gasteiger partial charge in [0.15, 0.2) is 0 Å². The Morgan fingerprint density at radius 2 is 1.73 bits per heavy atom. The maximum absolute atomic E-state index is 13.2. The van der Waals surface area contributed by atoms with Crippen LogP contribution in [-0.4, -0.2) is 67.3 Å². The summed E-state index contributed by atoms with van der Waals surface area (Å²) in [5, 5.41) is 5.73. The van der Waals surface area contributed by atoms with E-state index in [-0.39, 0.29) is 12.5 Å². The average molecular weight is 502 g/mol. The number of hydrogen-bond donors (Lipinski definition) is 2. The Hall–Kier alpha value is -3.95. The molecule has 2 aliphatic heterocycles. The fraction of sp³-hybridized carbons (Fsp3) is 0.321. The molecule has 0 saturated carbocycles. The zero-order chi connectivity index (χ0) is 25.5. The molecule has 2 N–H and O–H groups in total. The first-order chi connectivity index (χ1) is 18.2. The van der Waals surface area contributed by atoms with Crippen molar-refractivity contribution in [1.29, 1.82) is 0 Å². The summed E-state index contributed by atoms with van der Waals surface area (Å²) in [6.45, 7) is 5.83. The lowest BCUT2D eigenvalue weighted by atomic mass is 10.1. The molecule has 0 radical (unpaired) electrons. The maximum atomic E-state index is 13.2. The van der Waals surface area contributed by atoms with Gasteiger partial charge in [0.2, 0.25) is 0 Å². The second-order valence-electron chi connectivity index (χ2n) is 9.17. The van der Waals surface area contributed by atoms with Crippen molar-refractivity contribution in [3.05, 3.63) is 89.7 Å². The third kappa shape index (κ3) is 6.44. The van der Waals surface area contributed by atoms with Crippen molar-refractivity contribution in [3.63, 3.8) is 0 Å². The van der Waals surface area contributed by atoms with Gasteiger partial charge in [-0.25, -0.2) is 4.79 Å². The highest BCUT2D eigenvalue weighted by Gasteiger charge is 2.29. The number of para-hydroxylation sites is 1. The molecule has 2 saturated heterocycles. The summed E-state index contributed by atoms with van der Waals surface area (Å²) in [6.07, 6.45) is 2.83. The molecule has 0 aliphatic carbocycles. The van der Waals surface area contributed by atoms with E-state index >= 15 is 0 Å². The monoisotopic (exact) mass is 501 g/mol. The zero-order valence-corrected chi connectivity index (χ0v) is 20.6. The number of benzene rings is 2. The van der Waals surface area contributed by atoms with E-state index in [9.17, 15) is 9.59 Å². The first kappa shape index (κ1) is 24.7. The van der Waals surface area contributed by atoms with Gasteiger partial charge in [-0.1, -0.05) is 30.3 Å². The summed E-state index contributed by atoms with van der Waals surface area (Å²) in [7, 11) is 0. The predicted molar refractivity (Wildman–Crippen MR) is 140 cm³/mol. The Morgan fingerprint density at radius 3 is 2.43 bits per heavy atom. The molecule has 192 valence electrons. The van der Waals surface area contributed by atoms with Gasteiger partial charge in [-0.3, -0.25) is 14.7 Å². The van der Waals surface area contributed by atoms with E-state index in [0.717, 1.165) is 56.2 Å². The molecule has 2 amide bonds. The van der Waals surface area contributed by atoms with Gasteiger partial charge in [0, 0.05) is 62.1 Å². The Balaban J connectivity index is 1.12. The number of amides is 2. The van der Waals surface area contributed by atoms with Crippen molar-refractivity contribution in [2.75, 3.05) is 49.6 Å². The number of anilines is 2. The van der Waals surface area contributed by atoms with Crippen molar-refractivity contribution in [1.82, 2.24) is 15.2 Å². The van der Waals surface area contributed by atoms with E-state index in [1.807, 2.05) is 54.6 Å². The average Bonchev–Trinajstić information content (AvgIpc) is 2.91. The second-order valence-corrected chi connectivity index (χ2v) is 9.17. The van der Waals surface area contributed by atoms with Crippen LogP contribution in [0.2, 0.25) is 0 Å². The summed E-state index contributed by atoms with van der Waals surface area (Å²) >= 11 is 0. The van der Waals surface area contributed by atoms with Crippen LogP contribution in [0.5, 0.6) is 0 Å². The van der Waals surface area contributed by atoms with Gasteiger partial charge < -0.3 is 25.0 Å². The lowest BCUT2D eigenvalue weighted by molar-refractivity contribution is -0.0660. The minimum Gasteiger partial charge on any atom is -0.445 e. The van der Waals surface area contributed by atoms with Crippen LogP contribution in [-0.2, 0) is 22.6 Å². The number of piperazine rings is 1. The molecule has 1 aromatic heterocycles. The highest BCUT2D eigenvalue weighted by atomic mass is 16.5. The van der Waals surface area contributed by atoms with Crippen molar-refractivity contribution >= 4 is 23.4 Å². The summed E-state index contributed by atoms with van der Waals surface area (Å²) in [5.41, 5.74) is 4.02. The smallest absolute Gasteiger partial charge is 0.407 e. The molecule has 0 atom stereocenters. The summed E-state index contributed by atoms with van der Waals surface area (Å²) in [6, 6.07) is 19.3. The molecular formula is C28H31N5O4. The zero-order valence-electron chi connectivity index (χ0n) is 20.6. The quantitative estimate of drug-likeness (QED) is 0.489. The molecule has 2 fully saturated rings. The predicted octanol–water partition coefficient (Wildman–Crippen LogP) is 3.28. The van der Waals surface area contributed by atoms with Gasteiger partial charge in [-0.15, -0.1) is 0 Å². The lowest BCUT2D eigenvalue weighted by Gasteiger charge is -2.43. The van der Waals surface area contributed by atoms with E-state index in [0.29, 0.717) is 23.8 Å². The summed E-state index contributed by atoms with van der Waals surface area (Å²) in [4.78, 5) is 33.9. The van der Waals surface area contributed by atoms with E-state index in [4.69, 9.17) is 9.47 Å². The fourth-order valence-corrected chi connectivity index (χ4v) is 4.47. The van der Waals surface area contributed by atoms with E-state index < -0.39 is 6.09 Å². The first-order valence-corrected chi connectivity index (χ1v) is 12.5. The maximum Gasteiger partial charge on any atom is 0.407 e. The number of nitrogens with zero attached hydrogens (tertiary/aromatic N) is 3. The van der Waals surface area contributed by atoms with Crippen molar-refractivity contribution in [2.45, 2.75) is 19.2 Å². The summed E-state index contributed by atoms with van der Waals surface area (Å²) in [5.74, 6) is -0.143. The second kappa shape index (κ2) is 11.9. The number of ether oxygens (including phenoxy) is 2. The van der Waals surface area contributed by atoms with Crippen molar-refractivity contribution in [2.24, 2.45) is 0 Å². The number of carbonyl (C=O) groups excluding carboxylic acids is 2. The van der Waals surface area contributed by atoms with Gasteiger partial charge in [0.25, 0.3) is 5.91 Å². The van der Waals surface area contributed by atoms with Gasteiger partial charge >= 0.3 is 6.09 Å². The Bertz CT molecular complexity index is 1190. The third-order valence-electron chi connectivity index (χ3n) is 6.68. The molecule has 3 heterocycles. The molecule has 9 heteroatoms. The molecule has 0 unspecified atom stereocenters. The van der Waals surface area contributed by atoms with Crippen LogP contribution in [0, 0.1) is 0 Å². The number of rotatable bonds is 8. The van der Waals surface area contributed by atoms with E-state index in [1.54, 1.807) is 18.5 Å². The van der Waals surface area contributed by atoms with Crippen LogP contribution in [0.3, 0.4) is 0 Å². The minimum atomic E-state index is -0.500. The Kier molecular flexibility index (Phi) is 7.93. The molecule has 9 nitrogen and oxygen atoms in total. The summed E-state index contributed by atoms with van der Waals surface area (Å²) < 4.78 is 10.5. The molecular weight excluding hydrogens is 470 g/mol. The lowest BCUT2D eigenvalue weighted by Crippen LogP contribution is -2.56. The van der Waals surface area contributed by atoms with Crippen LogP contribution in [0.25, 0.3) is 0 Å². The van der Waals surface area contributed by atoms with Crippen LogP contribution in [0.15, 0.2) is 73.1 Å². The minimum absolute atomic E-state index is 0.143. The van der Waals surface area contributed by atoms with Gasteiger partial charge in [-0.05, 0) is 35.9 Å². The number of nitrogens with one attached hydrogen (secondary N) is 2. The first-order valence-electron chi connectivity index (χ1n) is 12.5. The normalized spacial score (nSPS) is 16.1. The van der Waals surface area contributed by atoms with Crippen LogP contribution in [0.1, 0.15) is 21.5 Å². The number of aromatic nitrogens is 1. The topological polar surface area (TPSA) is 96.0 Å². The van der Waals surface area contributed by atoms with Crippen molar-refractivity contribution < 1.29 is 19.1 Å². The third-order valence-corrected chi connectivity index (χ3v) is 6.68. The molecule has 5 rings (SSSR count). The van der Waals surface area contributed by atoms with Crippen LogP contribution < -0.4 is 15.5 Å². The van der Waals surface area contributed by atoms with Crippen molar-refractivity contribution in [3.8, 4) is 0 Å². The molecule has 2 aliphatic rings. The van der Waals surface area contributed by atoms with E-state index in [1.165, 1.54) is 0 Å². The standard InChI is InChI=1S/C28H31N5O4/c34-27(25-5-1-2-6-26(25)33-14-12-32(13-15-33)24-19-36-20-24)31-23-9-7-21(8-10-23)17-30-28(35)37-18-22-4-3-11-29-16-22/h1-11,16,24H,12-15,17-20H2,(H,30,35)(H,31,34). The molecule has 0 spiro atoms. The number of alkyl carbamates (subject to hydrolysis) is 1. The fourth-order valence-electron chi connectivity index (χ4n) is 4.47. The SMILES string of the molecule is O=C(NCc1ccc(NC(=O)c2ccccc2N2CCN(C3COC3)CC2)cc1)OCc1cccnc1. The van der Waals surface area contributed by atoms with Gasteiger partial charge in [0.05, 0.1) is 24.8 Å². The number of hydrogen-bond acceptors (Lipinski definition) is 7.